The minimum absolute atomic E-state index is 0.0209. The van der Waals surface area contributed by atoms with Crippen molar-refractivity contribution in [1.29, 1.82) is 0 Å². The highest BCUT2D eigenvalue weighted by molar-refractivity contribution is 7.99. The molecule has 0 saturated carbocycles. The molecule has 1 heterocycles. The standard InChI is InChI=1S/C17H25N5OS/c1-4-5-6-7-11-18-15(23)12-24-17-19-20-21-22(17)16-13(2)9-8-10-14(16)3/h8-10H,4-7,11-12H2,1-3H3,(H,18,23). The molecule has 0 aliphatic rings. The number of rotatable bonds is 9. The van der Waals surface area contributed by atoms with Gasteiger partial charge in [-0.25, -0.2) is 0 Å². The summed E-state index contributed by atoms with van der Waals surface area (Å²) in [5.41, 5.74) is 3.18. The first-order valence-electron chi connectivity index (χ1n) is 8.38. The largest absolute Gasteiger partial charge is 0.355 e. The number of hydrogen-bond acceptors (Lipinski definition) is 5. The predicted molar refractivity (Wildman–Crippen MR) is 96.5 cm³/mol. The van der Waals surface area contributed by atoms with E-state index in [4.69, 9.17) is 0 Å². The summed E-state index contributed by atoms with van der Waals surface area (Å²) in [4.78, 5) is 11.9. The molecular formula is C17H25N5OS. The van der Waals surface area contributed by atoms with Crippen LogP contribution in [0.1, 0.15) is 43.7 Å². The normalized spacial score (nSPS) is 10.8. The molecule has 6 nitrogen and oxygen atoms in total. The molecule has 0 saturated heterocycles. The number of amides is 1. The first-order chi connectivity index (χ1) is 11.6. The molecular weight excluding hydrogens is 322 g/mol. The van der Waals surface area contributed by atoms with Crippen LogP contribution < -0.4 is 5.32 Å². The highest BCUT2D eigenvalue weighted by atomic mass is 32.2. The van der Waals surface area contributed by atoms with Crippen molar-refractivity contribution < 1.29 is 4.79 Å². The van der Waals surface area contributed by atoms with Crippen LogP contribution in [0.3, 0.4) is 0 Å². The quantitative estimate of drug-likeness (QED) is 0.557. The summed E-state index contributed by atoms with van der Waals surface area (Å²) in [5.74, 6) is 0.339. The Balaban J connectivity index is 1.91. The van der Waals surface area contributed by atoms with Gasteiger partial charge in [-0.2, -0.15) is 4.68 Å². The van der Waals surface area contributed by atoms with Gasteiger partial charge in [-0.05, 0) is 41.8 Å². The topological polar surface area (TPSA) is 72.7 Å². The van der Waals surface area contributed by atoms with Gasteiger partial charge in [0.25, 0.3) is 0 Å². The second-order valence-corrected chi connectivity index (χ2v) is 6.76. The highest BCUT2D eigenvalue weighted by Crippen LogP contribution is 2.23. The van der Waals surface area contributed by atoms with E-state index in [0.29, 0.717) is 10.9 Å². The van der Waals surface area contributed by atoms with Crippen molar-refractivity contribution in [2.24, 2.45) is 0 Å². The number of nitrogens with one attached hydrogen (secondary N) is 1. The first-order valence-corrected chi connectivity index (χ1v) is 9.36. The average molecular weight is 347 g/mol. The fourth-order valence-corrected chi connectivity index (χ4v) is 3.22. The lowest BCUT2D eigenvalue weighted by molar-refractivity contribution is -0.118. The number of hydrogen-bond donors (Lipinski definition) is 1. The predicted octanol–water partition coefficient (Wildman–Crippen LogP) is 3.07. The monoisotopic (exact) mass is 347 g/mol. The van der Waals surface area contributed by atoms with E-state index in [0.717, 1.165) is 36.2 Å². The number of unbranched alkanes of at least 4 members (excludes halogenated alkanes) is 3. The van der Waals surface area contributed by atoms with Crippen LogP contribution in [0.15, 0.2) is 23.4 Å². The molecule has 7 heteroatoms. The molecule has 24 heavy (non-hydrogen) atoms. The summed E-state index contributed by atoms with van der Waals surface area (Å²) in [6.07, 6.45) is 4.61. The lowest BCUT2D eigenvalue weighted by Gasteiger charge is -2.10. The molecule has 0 aliphatic heterocycles. The van der Waals surface area contributed by atoms with Crippen LogP contribution in [0, 0.1) is 13.8 Å². The van der Waals surface area contributed by atoms with E-state index in [1.54, 1.807) is 4.68 Å². The van der Waals surface area contributed by atoms with Crippen LogP contribution in [0.5, 0.6) is 0 Å². The van der Waals surface area contributed by atoms with E-state index in [9.17, 15) is 4.79 Å². The molecule has 1 amide bonds. The van der Waals surface area contributed by atoms with Gasteiger partial charge in [0.1, 0.15) is 0 Å². The van der Waals surface area contributed by atoms with E-state index in [2.05, 4.69) is 27.8 Å². The van der Waals surface area contributed by atoms with Gasteiger partial charge in [0.2, 0.25) is 11.1 Å². The molecule has 0 unspecified atom stereocenters. The van der Waals surface area contributed by atoms with E-state index in [-0.39, 0.29) is 5.91 Å². The molecule has 0 aliphatic carbocycles. The van der Waals surface area contributed by atoms with Gasteiger partial charge in [0, 0.05) is 6.54 Å². The zero-order valence-electron chi connectivity index (χ0n) is 14.6. The zero-order chi connectivity index (χ0) is 17.4. The Kier molecular flexibility index (Phi) is 7.24. The maximum Gasteiger partial charge on any atom is 0.230 e. The van der Waals surface area contributed by atoms with Crippen LogP contribution in [-0.2, 0) is 4.79 Å². The van der Waals surface area contributed by atoms with Crippen molar-refractivity contribution in [3.8, 4) is 5.69 Å². The number of nitrogens with zero attached hydrogens (tertiary/aromatic N) is 4. The molecule has 1 aromatic heterocycles. The lowest BCUT2D eigenvalue weighted by atomic mass is 10.1. The van der Waals surface area contributed by atoms with E-state index in [1.807, 2.05) is 32.0 Å². The highest BCUT2D eigenvalue weighted by Gasteiger charge is 2.14. The van der Waals surface area contributed by atoms with Crippen LogP contribution in [0.4, 0.5) is 0 Å². The van der Waals surface area contributed by atoms with Crippen molar-refractivity contribution in [2.45, 2.75) is 51.6 Å². The van der Waals surface area contributed by atoms with Crippen molar-refractivity contribution in [2.75, 3.05) is 12.3 Å². The van der Waals surface area contributed by atoms with Gasteiger partial charge >= 0.3 is 0 Å². The number of aromatic nitrogens is 4. The van der Waals surface area contributed by atoms with Crippen molar-refractivity contribution >= 4 is 17.7 Å². The van der Waals surface area contributed by atoms with Crippen LogP contribution >= 0.6 is 11.8 Å². The third kappa shape index (κ3) is 5.06. The molecule has 0 bridgehead atoms. The number of aryl methyl sites for hydroxylation is 2. The maximum absolute atomic E-state index is 11.9. The second kappa shape index (κ2) is 9.42. The van der Waals surface area contributed by atoms with Gasteiger partial charge in [-0.15, -0.1) is 5.10 Å². The molecule has 2 rings (SSSR count). The summed E-state index contributed by atoms with van der Waals surface area (Å²) in [7, 11) is 0. The van der Waals surface area contributed by atoms with Crippen molar-refractivity contribution in [3.05, 3.63) is 29.3 Å². The number of carbonyl (C=O) groups is 1. The minimum Gasteiger partial charge on any atom is -0.355 e. The average Bonchev–Trinajstić information content (AvgIpc) is 3.01. The van der Waals surface area contributed by atoms with Crippen LogP contribution in [-0.4, -0.2) is 38.4 Å². The molecule has 1 N–H and O–H groups in total. The fraction of sp³-hybridized carbons (Fsp3) is 0.529. The summed E-state index contributed by atoms with van der Waals surface area (Å²) in [5, 5.41) is 15.5. The third-order valence-corrected chi connectivity index (χ3v) is 4.70. The Morgan fingerprint density at radius 3 is 2.67 bits per heavy atom. The minimum atomic E-state index is 0.0209. The van der Waals surface area contributed by atoms with Crippen LogP contribution in [0.2, 0.25) is 0 Å². The van der Waals surface area contributed by atoms with E-state index < -0.39 is 0 Å². The zero-order valence-corrected chi connectivity index (χ0v) is 15.4. The first kappa shape index (κ1) is 18.4. The summed E-state index contributed by atoms with van der Waals surface area (Å²) >= 11 is 1.36. The Labute approximate surface area is 147 Å². The van der Waals surface area contributed by atoms with Crippen LogP contribution in [0.25, 0.3) is 5.69 Å². The summed E-state index contributed by atoms with van der Waals surface area (Å²) in [6.45, 7) is 6.97. The number of para-hydroxylation sites is 1. The molecule has 1 aromatic carbocycles. The number of tetrazole rings is 1. The summed E-state index contributed by atoms with van der Waals surface area (Å²) < 4.78 is 1.71. The van der Waals surface area contributed by atoms with E-state index >= 15 is 0 Å². The molecule has 0 radical (unpaired) electrons. The van der Waals surface area contributed by atoms with E-state index in [1.165, 1.54) is 24.6 Å². The Bertz CT molecular complexity index is 651. The molecule has 0 atom stereocenters. The van der Waals surface area contributed by atoms with Gasteiger partial charge in [0.05, 0.1) is 11.4 Å². The van der Waals surface area contributed by atoms with Crippen molar-refractivity contribution in [1.82, 2.24) is 25.5 Å². The Morgan fingerprint density at radius 1 is 1.21 bits per heavy atom. The fourth-order valence-electron chi connectivity index (χ4n) is 2.51. The SMILES string of the molecule is CCCCCCNC(=O)CSc1nnnn1-c1c(C)cccc1C. The number of thioether (sulfide) groups is 1. The summed E-state index contributed by atoms with van der Waals surface area (Å²) in [6, 6.07) is 6.07. The second-order valence-electron chi connectivity index (χ2n) is 5.81. The molecule has 130 valence electrons. The maximum atomic E-state index is 11.9. The van der Waals surface area contributed by atoms with Gasteiger partial charge in [0.15, 0.2) is 0 Å². The van der Waals surface area contributed by atoms with Gasteiger partial charge in [-0.1, -0.05) is 56.1 Å². The third-order valence-electron chi connectivity index (χ3n) is 3.78. The Hall–Kier alpha value is -1.89. The molecule has 0 spiro atoms. The van der Waals surface area contributed by atoms with Crippen molar-refractivity contribution in [3.63, 3.8) is 0 Å². The smallest absolute Gasteiger partial charge is 0.230 e. The lowest BCUT2D eigenvalue weighted by Crippen LogP contribution is -2.26. The number of benzene rings is 1. The van der Waals surface area contributed by atoms with Gasteiger partial charge in [-0.3, -0.25) is 4.79 Å². The van der Waals surface area contributed by atoms with Gasteiger partial charge < -0.3 is 5.32 Å². The molecule has 2 aromatic rings. The number of carbonyl (C=O) groups excluding carboxylic acids is 1. The Morgan fingerprint density at radius 2 is 1.96 bits per heavy atom. The molecule has 0 fully saturated rings.